The van der Waals surface area contributed by atoms with E-state index in [0.29, 0.717) is 12.8 Å². The number of ketones is 2. The van der Waals surface area contributed by atoms with Crippen molar-refractivity contribution in [1.82, 2.24) is 0 Å². The van der Waals surface area contributed by atoms with Gasteiger partial charge in [0, 0.05) is 0 Å². The van der Waals surface area contributed by atoms with Gasteiger partial charge in [-0.25, -0.2) is 0 Å². The summed E-state index contributed by atoms with van der Waals surface area (Å²) < 4.78 is 9.82. The van der Waals surface area contributed by atoms with E-state index in [1.807, 2.05) is 0 Å². The van der Waals surface area contributed by atoms with E-state index < -0.39 is 48.3 Å². The Morgan fingerprint density at radius 1 is 0.750 bits per heavy atom. The van der Waals surface area contributed by atoms with Crippen molar-refractivity contribution in [2.24, 2.45) is 23.7 Å². The molecule has 10 heteroatoms. The average Bonchev–Trinajstić information content (AvgIpc) is 2.90. The summed E-state index contributed by atoms with van der Waals surface area (Å²) in [6.45, 7) is 12.3. The SMILES string of the molecule is C[Si](C)(C)O[C@@]12CC3C[C@@]4(O[Si](C)(C)C)[C@H](C(=O)C4(Cl)Cl)C3[C@@H]1C(=O)C2(Cl)Cl. The van der Waals surface area contributed by atoms with E-state index in [0.717, 1.165) is 0 Å². The summed E-state index contributed by atoms with van der Waals surface area (Å²) in [4.78, 5) is 26.0. The Bertz CT molecular complexity index is 713. The van der Waals surface area contributed by atoms with Gasteiger partial charge in [-0.05, 0) is 64.0 Å². The Morgan fingerprint density at radius 3 is 1.36 bits per heavy atom. The fourth-order valence-electron chi connectivity index (χ4n) is 6.24. The fraction of sp³-hybridized carbons (Fsp3) is 0.889. The molecule has 4 fully saturated rings. The van der Waals surface area contributed by atoms with Crippen LogP contribution in [0.4, 0.5) is 0 Å². The van der Waals surface area contributed by atoms with Crippen molar-refractivity contribution >= 4 is 74.6 Å². The van der Waals surface area contributed by atoms with Crippen LogP contribution in [0.3, 0.4) is 0 Å². The Labute approximate surface area is 188 Å². The van der Waals surface area contributed by atoms with Crippen molar-refractivity contribution in [3.05, 3.63) is 0 Å². The van der Waals surface area contributed by atoms with Crippen molar-refractivity contribution in [2.45, 2.75) is 72.0 Å². The zero-order chi connectivity index (χ0) is 21.3. The Kier molecular flexibility index (Phi) is 4.57. The van der Waals surface area contributed by atoms with E-state index in [1.165, 1.54) is 0 Å². The summed E-state index contributed by atoms with van der Waals surface area (Å²) in [6.07, 6.45) is 1.05. The molecule has 0 aliphatic heterocycles. The van der Waals surface area contributed by atoms with Crippen LogP contribution >= 0.6 is 46.4 Å². The average molecular weight is 504 g/mol. The molecule has 0 saturated heterocycles. The minimum Gasteiger partial charge on any atom is -0.408 e. The van der Waals surface area contributed by atoms with Gasteiger partial charge >= 0.3 is 0 Å². The lowest BCUT2D eigenvalue weighted by atomic mass is 9.57. The van der Waals surface area contributed by atoms with Crippen LogP contribution in [0.2, 0.25) is 39.3 Å². The summed E-state index contributed by atoms with van der Waals surface area (Å²) in [7, 11) is -4.11. The largest absolute Gasteiger partial charge is 0.408 e. The van der Waals surface area contributed by atoms with Gasteiger partial charge in [0.15, 0.2) is 28.2 Å². The van der Waals surface area contributed by atoms with Crippen molar-refractivity contribution in [1.29, 1.82) is 0 Å². The van der Waals surface area contributed by atoms with Gasteiger partial charge in [-0.1, -0.05) is 46.4 Å². The fourth-order valence-corrected chi connectivity index (χ4v) is 10.8. The Hall–Kier alpha value is 0.854. The first-order chi connectivity index (χ1) is 12.4. The maximum Gasteiger partial charge on any atom is 0.204 e. The molecule has 158 valence electrons. The predicted octanol–water partition coefficient (Wildman–Crippen LogP) is 4.95. The monoisotopic (exact) mass is 502 g/mol. The number of fused-ring (bicyclic) bond motifs is 5. The maximum atomic E-state index is 13.0. The van der Waals surface area contributed by atoms with Crippen LogP contribution in [0.25, 0.3) is 0 Å². The number of hydrogen-bond acceptors (Lipinski definition) is 4. The highest BCUT2D eigenvalue weighted by Gasteiger charge is 2.88. The first-order valence-electron chi connectivity index (χ1n) is 9.66. The van der Waals surface area contributed by atoms with Gasteiger partial charge in [0.25, 0.3) is 0 Å². The molecule has 6 atom stereocenters. The molecule has 4 aliphatic rings. The first kappa shape index (κ1) is 22.1. The topological polar surface area (TPSA) is 52.6 Å². The second kappa shape index (κ2) is 5.80. The molecule has 0 aromatic heterocycles. The molecule has 0 amide bonds. The smallest absolute Gasteiger partial charge is 0.204 e. The molecule has 4 rings (SSSR count). The summed E-state index contributed by atoms with van der Waals surface area (Å²) >= 11 is 26.1. The van der Waals surface area contributed by atoms with Gasteiger partial charge in [0.05, 0.1) is 11.8 Å². The van der Waals surface area contributed by atoms with Crippen molar-refractivity contribution < 1.29 is 18.4 Å². The second-order valence-electron chi connectivity index (χ2n) is 10.8. The molecule has 0 aromatic rings. The van der Waals surface area contributed by atoms with Gasteiger partial charge in [0.2, 0.25) is 8.67 Å². The van der Waals surface area contributed by atoms with E-state index in [2.05, 4.69) is 39.3 Å². The summed E-state index contributed by atoms with van der Waals surface area (Å²) in [5.41, 5.74) is -1.87. The molecule has 0 bridgehead atoms. The van der Waals surface area contributed by atoms with Gasteiger partial charge in [0.1, 0.15) is 11.2 Å². The van der Waals surface area contributed by atoms with Crippen LogP contribution in [-0.4, -0.2) is 48.1 Å². The highest BCUT2D eigenvalue weighted by Crippen LogP contribution is 2.76. The Morgan fingerprint density at radius 2 is 1.07 bits per heavy atom. The number of alkyl halides is 4. The summed E-state index contributed by atoms with van der Waals surface area (Å²) in [5, 5.41) is 0. The van der Waals surface area contributed by atoms with Gasteiger partial charge in [-0.2, -0.15) is 0 Å². The minimum absolute atomic E-state index is 0.00866. The highest BCUT2D eigenvalue weighted by molar-refractivity contribution is 6.71. The molecule has 0 heterocycles. The molecule has 4 nitrogen and oxygen atoms in total. The van der Waals surface area contributed by atoms with Crippen LogP contribution in [0.5, 0.6) is 0 Å². The molecule has 28 heavy (non-hydrogen) atoms. The van der Waals surface area contributed by atoms with Crippen LogP contribution < -0.4 is 0 Å². The van der Waals surface area contributed by atoms with Crippen LogP contribution in [0.1, 0.15) is 12.8 Å². The molecule has 0 N–H and O–H groups in total. The predicted molar refractivity (Wildman–Crippen MR) is 116 cm³/mol. The van der Waals surface area contributed by atoms with E-state index in [9.17, 15) is 9.59 Å². The Balaban J connectivity index is 1.76. The zero-order valence-corrected chi connectivity index (χ0v) is 21.9. The van der Waals surface area contributed by atoms with Crippen molar-refractivity contribution in [3.63, 3.8) is 0 Å². The van der Waals surface area contributed by atoms with E-state index in [4.69, 9.17) is 55.3 Å². The summed E-state index contributed by atoms with van der Waals surface area (Å²) in [5.74, 6) is -1.74. The number of carbonyl (C=O) groups is 2. The van der Waals surface area contributed by atoms with Crippen LogP contribution in [0.15, 0.2) is 0 Å². The molecule has 4 saturated carbocycles. The van der Waals surface area contributed by atoms with E-state index in [-0.39, 0.29) is 23.4 Å². The third-order valence-electron chi connectivity index (χ3n) is 6.67. The third kappa shape index (κ3) is 2.49. The second-order valence-corrected chi connectivity index (χ2v) is 22.3. The summed E-state index contributed by atoms with van der Waals surface area (Å²) in [6, 6.07) is 0. The standard InChI is InChI=1S/C18H26Cl4O4Si2/c1-27(2,3)25-15-7-9-8-16(26-28(4,5)6)12(14(24)18(16,21)22)10(9)11(15)13(23)17(15,19)20/h9-12H,7-8H2,1-6H3/t9?,10?,11-,12+,15+,16-. The number of Topliss-reactive ketones (excluding diaryl/α,β-unsaturated/α-hetero) is 2. The quantitative estimate of drug-likeness (QED) is 0.402. The van der Waals surface area contributed by atoms with Crippen LogP contribution in [0, 0.1) is 23.7 Å². The number of hydrogen-bond donors (Lipinski definition) is 0. The number of halogens is 4. The lowest BCUT2D eigenvalue weighted by Crippen LogP contribution is -2.78. The molecular weight excluding hydrogens is 478 g/mol. The zero-order valence-electron chi connectivity index (χ0n) is 16.9. The minimum atomic E-state index is -2.06. The normalized spacial score (nSPS) is 45.8. The number of rotatable bonds is 4. The molecular formula is C18H26Cl4O4Si2. The van der Waals surface area contributed by atoms with Gasteiger partial charge < -0.3 is 8.85 Å². The molecule has 4 aliphatic carbocycles. The third-order valence-corrected chi connectivity index (χ3v) is 10.7. The van der Waals surface area contributed by atoms with E-state index in [1.54, 1.807) is 0 Å². The van der Waals surface area contributed by atoms with E-state index >= 15 is 0 Å². The van der Waals surface area contributed by atoms with Gasteiger partial charge in [-0.3, -0.25) is 9.59 Å². The van der Waals surface area contributed by atoms with Crippen molar-refractivity contribution in [2.75, 3.05) is 0 Å². The number of carbonyl (C=O) groups excluding carboxylic acids is 2. The first-order valence-corrected chi connectivity index (χ1v) is 18.0. The highest BCUT2D eigenvalue weighted by atomic mass is 35.5. The molecule has 0 radical (unpaired) electrons. The van der Waals surface area contributed by atoms with Gasteiger partial charge in [-0.15, -0.1) is 0 Å². The maximum absolute atomic E-state index is 13.0. The molecule has 0 aromatic carbocycles. The lowest BCUT2D eigenvalue weighted by Gasteiger charge is -2.61. The molecule has 2 unspecified atom stereocenters. The lowest BCUT2D eigenvalue weighted by molar-refractivity contribution is -0.170. The molecule has 0 spiro atoms. The van der Waals surface area contributed by atoms with Crippen LogP contribution in [-0.2, 0) is 18.4 Å². The van der Waals surface area contributed by atoms with Crippen molar-refractivity contribution in [3.8, 4) is 0 Å².